The Bertz CT molecular complexity index is 539. The van der Waals surface area contributed by atoms with Gasteiger partial charge >= 0.3 is 0 Å². The Labute approximate surface area is 280 Å². The van der Waals surface area contributed by atoms with Crippen LogP contribution in [0.3, 0.4) is 0 Å². The molecule has 45 heavy (non-hydrogen) atoms. The molecule has 0 saturated carbocycles. The number of nitrogens with two attached hydrogens (primary N) is 6. The molecule has 0 aliphatic carbocycles. The Morgan fingerprint density at radius 1 is 0.400 bits per heavy atom. The third-order valence-corrected chi connectivity index (χ3v) is 9.21. The van der Waals surface area contributed by atoms with Gasteiger partial charge in [-0.25, -0.2) is 0 Å². The van der Waals surface area contributed by atoms with Crippen LogP contribution < -0.4 is 45.0 Å². The van der Waals surface area contributed by atoms with Crippen LogP contribution in [0.5, 0.6) is 0 Å². The van der Waals surface area contributed by atoms with E-state index in [1.807, 2.05) is 0 Å². The van der Waals surface area contributed by atoms with Gasteiger partial charge in [0, 0.05) is 37.4 Å². The van der Waals surface area contributed by atoms with Crippen LogP contribution in [0.25, 0.3) is 0 Å². The lowest BCUT2D eigenvalue weighted by atomic mass is 10.0. The number of hydrogen-bond acceptors (Lipinski definition) is 9. The van der Waals surface area contributed by atoms with E-state index in [0.29, 0.717) is 12.1 Å². The predicted molar refractivity (Wildman–Crippen MR) is 197 cm³/mol. The second kappa shape index (κ2) is 33.5. The summed E-state index contributed by atoms with van der Waals surface area (Å²) in [4.78, 5) is 0. The molecule has 272 valence electrons. The smallest absolute Gasteiger partial charge is 0.0561 e. The average molecular weight is 643 g/mol. The molecule has 0 rings (SSSR count). The third kappa shape index (κ3) is 33.3. The summed E-state index contributed by atoms with van der Waals surface area (Å²) in [6, 6.07) is 1.05. The molecule has 0 saturated heterocycles. The number of nitrogens with one attached hydrogen (secondary N) is 2. The van der Waals surface area contributed by atoms with Crippen molar-refractivity contribution in [2.45, 2.75) is 204 Å². The minimum Gasteiger partial charge on any atom is -0.381 e. The summed E-state index contributed by atoms with van der Waals surface area (Å²) in [6.45, 7) is 8.08. The van der Waals surface area contributed by atoms with E-state index in [1.54, 1.807) is 0 Å². The van der Waals surface area contributed by atoms with Crippen LogP contribution in [0.15, 0.2) is 0 Å². The lowest BCUT2D eigenvalue weighted by Gasteiger charge is -2.19. The SMILES string of the molecule is CCC(N)CCCCC(N)CC(N)NCCCCCCCCOCCCCCCCCNC(N)CC(N)CCCCC(N)CC. The molecule has 0 heterocycles. The Kier molecular flexibility index (Phi) is 33.3. The molecule has 6 unspecified atom stereocenters. The number of hydrogen-bond donors (Lipinski definition) is 8. The fraction of sp³-hybridized carbons (Fsp3) is 1.00. The van der Waals surface area contributed by atoms with Crippen molar-refractivity contribution < 1.29 is 4.74 Å². The maximum absolute atomic E-state index is 6.26. The first-order valence-corrected chi connectivity index (χ1v) is 19.4. The van der Waals surface area contributed by atoms with Gasteiger partial charge in [-0.2, -0.15) is 0 Å². The fourth-order valence-corrected chi connectivity index (χ4v) is 5.84. The quantitative estimate of drug-likeness (QED) is 0.0324. The summed E-state index contributed by atoms with van der Waals surface area (Å²) in [5, 5.41) is 6.89. The third-order valence-electron chi connectivity index (χ3n) is 9.21. The number of rotatable bonds is 36. The van der Waals surface area contributed by atoms with Crippen molar-refractivity contribution in [3.63, 3.8) is 0 Å². The van der Waals surface area contributed by atoms with Gasteiger partial charge in [0.2, 0.25) is 0 Å². The second-order valence-corrected chi connectivity index (χ2v) is 13.9. The van der Waals surface area contributed by atoms with Crippen molar-refractivity contribution in [1.29, 1.82) is 0 Å². The Balaban J connectivity index is 3.33. The van der Waals surface area contributed by atoms with Crippen LogP contribution in [0.1, 0.15) is 168 Å². The highest BCUT2D eigenvalue weighted by atomic mass is 16.5. The van der Waals surface area contributed by atoms with E-state index in [9.17, 15) is 0 Å². The zero-order valence-corrected chi connectivity index (χ0v) is 30.1. The predicted octanol–water partition coefficient (Wildman–Crippen LogP) is 5.46. The Morgan fingerprint density at radius 2 is 0.711 bits per heavy atom. The molecule has 0 spiro atoms. The standard InChI is InChI=1S/C36H82N8O/c1-3-31(37)21-13-15-23-33(39)29-35(41)43-25-17-9-5-7-11-19-27-45-28-20-12-8-6-10-18-26-44-36(42)30-34(40)24-16-14-22-32(38)4-2/h31-36,43-44H,3-30,37-42H2,1-2H3. The van der Waals surface area contributed by atoms with Gasteiger partial charge in [0.15, 0.2) is 0 Å². The summed E-state index contributed by atoms with van der Waals surface area (Å²) in [6.07, 6.45) is 27.7. The van der Waals surface area contributed by atoms with E-state index in [4.69, 9.17) is 39.1 Å². The zero-order chi connectivity index (χ0) is 33.4. The normalized spacial score (nSPS) is 16.0. The van der Waals surface area contributed by atoms with E-state index >= 15 is 0 Å². The summed E-state index contributed by atoms with van der Waals surface area (Å²) in [7, 11) is 0. The van der Waals surface area contributed by atoms with Gasteiger partial charge in [0.05, 0.1) is 12.3 Å². The van der Waals surface area contributed by atoms with E-state index in [1.165, 1.54) is 89.9 Å². The average Bonchev–Trinajstić information content (AvgIpc) is 3.02. The number of ether oxygens (including phenoxy) is 1. The maximum atomic E-state index is 6.26. The summed E-state index contributed by atoms with van der Waals surface area (Å²) >= 11 is 0. The first kappa shape index (κ1) is 44.6. The molecular weight excluding hydrogens is 560 g/mol. The van der Waals surface area contributed by atoms with Gasteiger partial charge in [-0.15, -0.1) is 0 Å². The highest BCUT2D eigenvalue weighted by Gasteiger charge is 2.10. The largest absolute Gasteiger partial charge is 0.381 e. The van der Waals surface area contributed by atoms with Gasteiger partial charge < -0.3 is 49.8 Å². The second-order valence-electron chi connectivity index (χ2n) is 13.9. The van der Waals surface area contributed by atoms with Gasteiger partial charge in [-0.1, -0.05) is 90.9 Å². The first-order chi connectivity index (χ1) is 21.8. The topological polar surface area (TPSA) is 189 Å². The van der Waals surface area contributed by atoms with Crippen LogP contribution in [0.4, 0.5) is 0 Å². The lowest BCUT2D eigenvalue weighted by molar-refractivity contribution is 0.125. The molecule has 9 heteroatoms. The van der Waals surface area contributed by atoms with Crippen molar-refractivity contribution in [3.05, 3.63) is 0 Å². The van der Waals surface area contributed by atoms with Crippen molar-refractivity contribution >= 4 is 0 Å². The van der Waals surface area contributed by atoms with E-state index < -0.39 is 0 Å². The van der Waals surface area contributed by atoms with Gasteiger partial charge in [-0.3, -0.25) is 0 Å². The minimum absolute atomic E-state index is 0.00756. The Hall–Kier alpha value is -0.360. The van der Waals surface area contributed by atoms with Gasteiger partial charge in [0.1, 0.15) is 0 Å². The molecule has 0 amide bonds. The molecule has 0 aliphatic rings. The molecule has 6 atom stereocenters. The van der Waals surface area contributed by atoms with Crippen molar-refractivity contribution in [1.82, 2.24) is 10.6 Å². The monoisotopic (exact) mass is 643 g/mol. The zero-order valence-electron chi connectivity index (χ0n) is 30.1. The van der Waals surface area contributed by atoms with Crippen LogP contribution in [-0.4, -0.2) is 62.8 Å². The summed E-state index contributed by atoms with van der Waals surface area (Å²) < 4.78 is 5.85. The van der Waals surface area contributed by atoms with Crippen molar-refractivity contribution in [2.24, 2.45) is 34.4 Å². The van der Waals surface area contributed by atoms with Gasteiger partial charge in [0.25, 0.3) is 0 Å². The molecule has 0 radical (unpaired) electrons. The maximum Gasteiger partial charge on any atom is 0.0561 e. The molecule has 0 aromatic carbocycles. The fourth-order valence-electron chi connectivity index (χ4n) is 5.84. The molecule has 9 nitrogen and oxygen atoms in total. The first-order valence-electron chi connectivity index (χ1n) is 19.4. The van der Waals surface area contributed by atoms with Crippen LogP contribution in [-0.2, 0) is 4.74 Å². The van der Waals surface area contributed by atoms with E-state index in [0.717, 1.165) is 90.5 Å². The van der Waals surface area contributed by atoms with Crippen molar-refractivity contribution in [3.8, 4) is 0 Å². The molecule has 0 aromatic heterocycles. The molecule has 0 fully saturated rings. The van der Waals surface area contributed by atoms with Gasteiger partial charge in [-0.05, 0) is 90.1 Å². The van der Waals surface area contributed by atoms with E-state index in [2.05, 4.69) is 24.5 Å². The van der Waals surface area contributed by atoms with E-state index in [-0.39, 0.29) is 24.4 Å². The molecule has 0 aliphatic heterocycles. The molecule has 0 bridgehead atoms. The highest BCUT2D eigenvalue weighted by Crippen LogP contribution is 2.11. The number of unbranched alkanes of at least 4 members (excludes halogenated alkanes) is 12. The van der Waals surface area contributed by atoms with Crippen molar-refractivity contribution in [2.75, 3.05) is 26.3 Å². The van der Waals surface area contributed by atoms with Crippen LogP contribution in [0.2, 0.25) is 0 Å². The highest BCUT2D eigenvalue weighted by molar-refractivity contribution is 4.71. The lowest BCUT2D eigenvalue weighted by Crippen LogP contribution is -2.42. The van der Waals surface area contributed by atoms with Crippen LogP contribution in [0, 0.1) is 0 Å². The minimum atomic E-state index is 0.00756. The Morgan fingerprint density at radius 3 is 1.07 bits per heavy atom. The molecule has 0 aromatic rings. The van der Waals surface area contributed by atoms with Crippen LogP contribution >= 0.6 is 0 Å². The summed E-state index contributed by atoms with van der Waals surface area (Å²) in [5.74, 6) is 0. The molecular formula is C36H82N8O. The summed E-state index contributed by atoms with van der Waals surface area (Å²) in [5.41, 5.74) is 36.9. The molecule has 14 N–H and O–H groups in total.